The maximum atomic E-state index is 12.5. The number of nitrogens with zero attached hydrogens (tertiary/aromatic N) is 2. The van der Waals surface area contributed by atoms with E-state index in [0.29, 0.717) is 42.7 Å². The van der Waals surface area contributed by atoms with Gasteiger partial charge in [-0.1, -0.05) is 6.92 Å². The minimum atomic E-state index is -3.54. The van der Waals surface area contributed by atoms with E-state index in [0.717, 1.165) is 29.0 Å². The van der Waals surface area contributed by atoms with Gasteiger partial charge in [-0.15, -0.1) is 0 Å². The van der Waals surface area contributed by atoms with E-state index in [1.165, 1.54) is 26.6 Å². The summed E-state index contributed by atoms with van der Waals surface area (Å²) in [5.74, 6) is 0.664. The largest absolute Gasteiger partial charge is 0.497 e. The Morgan fingerprint density at radius 1 is 1.22 bits per heavy atom. The molecule has 9 nitrogen and oxygen atoms in total. The number of methoxy groups -OCH3 is 1. The monoisotopic (exact) mass is 541 g/mol. The number of nitrogens with two attached hydrogens (primary N) is 1. The zero-order valence-corrected chi connectivity index (χ0v) is 22.7. The molecule has 1 amide bonds. The van der Waals surface area contributed by atoms with E-state index in [4.69, 9.17) is 5.73 Å². The number of benzene rings is 1. The number of carbonyl (C=O) groups is 1. The Morgan fingerprint density at radius 2 is 1.84 bits per heavy atom. The summed E-state index contributed by atoms with van der Waals surface area (Å²) < 4.78 is 55.3. The van der Waals surface area contributed by atoms with Crippen LogP contribution in [0.25, 0.3) is 0 Å². The fourth-order valence-corrected chi connectivity index (χ4v) is 4.30. The molecule has 4 N–H and O–H groups in total. The number of pyridine rings is 1. The molecule has 2 atom stereocenters. The molecule has 37 heavy (non-hydrogen) atoms. The highest BCUT2D eigenvalue weighted by Crippen LogP contribution is 2.37. The summed E-state index contributed by atoms with van der Waals surface area (Å²) in [6, 6.07) is 6.18. The van der Waals surface area contributed by atoms with Crippen molar-refractivity contribution in [3.63, 3.8) is 0 Å². The van der Waals surface area contributed by atoms with Crippen molar-refractivity contribution >= 4 is 27.6 Å². The second-order valence-corrected chi connectivity index (χ2v) is 11.7. The van der Waals surface area contributed by atoms with Crippen LogP contribution < -0.4 is 25.4 Å². The number of ether oxygens (including phenoxy) is 1. The topological polar surface area (TPSA) is 127 Å². The zero-order valence-electron chi connectivity index (χ0n) is 21.9. The quantitative estimate of drug-likeness (QED) is 0.372. The van der Waals surface area contributed by atoms with Crippen molar-refractivity contribution in [1.29, 1.82) is 0 Å². The standard InChI is InChI=1S/C18H31N5O3S.C7H6F2O/c1-12(2)27(25,26)23(4)17-10-14(18(24)20-7-5-6-19)9-16(22-17)21-11-15-8-13(15)3;1-10-7-3-5(8)2-6(9)4-7/h9-10,12-13,15H,5-8,11,19H2,1-4H3,(H,20,24)(H,21,22);2-4H,1H3/t13-,15+;/m0./s1. The first-order valence-electron chi connectivity index (χ1n) is 12.1. The normalized spacial score (nSPS) is 16.5. The Morgan fingerprint density at radius 3 is 2.35 bits per heavy atom. The highest BCUT2D eigenvalue weighted by atomic mass is 32.2. The van der Waals surface area contributed by atoms with Crippen LogP contribution in [0.3, 0.4) is 0 Å². The van der Waals surface area contributed by atoms with Gasteiger partial charge in [-0.3, -0.25) is 9.10 Å². The van der Waals surface area contributed by atoms with E-state index in [2.05, 4.69) is 27.3 Å². The number of rotatable bonds is 11. The zero-order chi connectivity index (χ0) is 27.8. The number of hydrogen-bond donors (Lipinski definition) is 3. The van der Waals surface area contributed by atoms with E-state index in [1.54, 1.807) is 19.9 Å². The summed E-state index contributed by atoms with van der Waals surface area (Å²) in [5.41, 5.74) is 5.83. The van der Waals surface area contributed by atoms with Crippen LogP contribution in [-0.2, 0) is 10.0 Å². The SMILES string of the molecule is CC(C)S(=O)(=O)N(C)c1cc(C(=O)NCCCN)cc(NC[C@H]2C[C@@H]2C)n1.COc1cc(F)cc(F)c1. The molecule has 0 spiro atoms. The van der Waals surface area contributed by atoms with Gasteiger partial charge in [0.25, 0.3) is 5.91 Å². The number of anilines is 2. The van der Waals surface area contributed by atoms with Crippen LogP contribution in [0.15, 0.2) is 30.3 Å². The second-order valence-electron chi connectivity index (χ2n) is 9.22. The van der Waals surface area contributed by atoms with Gasteiger partial charge in [-0.25, -0.2) is 22.2 Å². The van der Waals surface area contributed by atoms with Crippen molar-refractivity contribution in [3.8, 4) is 5.75 Å². The van der Waals surface area contributed by atoms with E-state index in [1.807, 2.05) is 0 Å². The number of carbonyl (C=O) groups excluding carboxylic acids is 1. The van der Waals surface area contributed by atoms with Gasteiger partial charge in [0.05, 0.1) is 12.4 Å². The number of hydrogen-bond acceptors (Lipinski definition) is 7. The molecular weight excluding hydrogens is 504 g/mol. The molecule has 206 valence electrons. The molecule has 0 saturated heterocycles. The molecule has 1 aliphatic carbocycles. The molecule has 1 aromatic carbocycles. The molecule has 12 heteroatoms. The van der Waals surface area contributed by atoms with Crippen LogP contribution in [0.2, 0.25) is 0 Å². The van der Waals surface area contributed by atoms with Crippen LogP contribution in [0.4, 0.5) is 20.4 Å². The minimum absolute atomic E-state index is 0.192. The maximum absolute atomic E-state index is 12.5. The Balaban J connectivity index is 0.000000402. The third-order valence-corrected chi connectivity index (χ3v) is 8.08. The first kappa shape index (κ1) is 30.2. The summed E-state index contributed by atoms with van der Waals surface area (Å²) in [7, 11) is -0.729. The molecular formula is C25H37F2N5O4S. The number of nitrogens with one attached hydrogen (secondary N) is 2. The van der Waals surface area contributed by atoms with Crippen molar-refractivity contribution in [2.45, 2.75) is 38.9 Å². The average molecular weight is 542 g/mol. The number of halogens is 2. The molecule has 0 bridgehead atoms. The predicted molar refractivity (Wildman–Crippen MR) is 141 cm³/mol. The predicted octanol–water partition coefficient (Wildman–Crippen LogP) is 3.38. The van der Waals surface area contributed by atoms with Crippen LogP contribution in [0, 0.1) is 23.5 Å². The third-order valence-electron chi connectivity index (χ3n) is 5.93. The van der Waals surface area contributed by atoms with Crippen LogP contribution >= 0.6 is 0 Å². The molecule has 3 rings (SSSR count). The van der Waals surface area contributed by atoms with Crippen LogP contribution in [0.5, 0.6) is 5.75 Å². The highest BCUT2D eigenvalue weighted by molar-refractivity contribution is 7.93. The summed E-state index contributed by atoms with van der Waals surface area (Å²) in [6.07, 6.45) is 1.84. The lowest BCUT2D eigenvalue weighted by atomic mass is 10.2. The Hall–Kier alpha value is -2.99. The lowest BCUT2D eigenvalue weighted by molar-refractivity contribution is 0.0953. The molecule has 0 aliphatic heterocycles. The lowest BCUT2D eigenvalue weighted by Crippen LogP contribution is -2.34. The van der Waals surface area contributed by atoms with Gasteiger partial charge in [-0.2, -0.15) is 0 Å². The number of sulfonamides is 1. The fourth-order valence-electron chi connectivity index (χ4n) is 3.32. The van der Waals surface area contributed by atoms with Gasteiger partial charge in [-0.05, 0) is 57.2 Å². The van der Waals surface area contributed by atoms with Crippen LogP contribution in [-0.4, -0.2) is 58.4 Å². The first-order chi connectivity index (χ1) is 17.4. The summed E-state index contributed by atoms with van der Waals surface area (Å²) in [6.45, 7) is 7.13. The van der Waals surface area contributed by atoms with Crippen molar-refractivity contribution in [1.82, 2.24) is 10.3 Å². The minimum Gasteiger partial charge on any atom is -0.497 e. The highest BCUT2D eigenvalue weighted by Gasteiger charge is 2.32. The fraction of sp³-hybridized carbons (Fsp3) is 0.520. The molecule has 1 fully saturated rings. The van der Waals surface area contributed by atoms with E-state index in [-0.39, 0.29) is 17.5 Å². The third kappa shape index (κ3) is 9.12. The molecule has 0 unspecified atom stereocenters. The number of aromatic nitrogens is 1. The molecule has 1 aromatic heterocycles. The average Bonchev–Trinajstić information content (AvgIpc) is 3.56. The molecule has 1 saturated carbocycles. The Labute approximate surface area is 217 Å². The maximum Gasteiger partial charge on any atom is 0.251 e. The smallest absolute Gasteiger partial charge is 0.251 e. The van der Waals surface area contributed by atoms with Gasteiger partial charge in [0, 0.05) is 43.9 Å². The molecule has 0 radical (unpaired) electrons. The lowest BCUT2D eigenvalue weighted by Gasteiger charge is -2.22. The van der Waals surface area contributed by atoms with Crippen molar-refractivity contribution in [2.24, 2.45) is 17.6 Å². The van der Waals surface area contributed by atoms with E-state index >= 15 is 0 Å². The van der Waals surface area contributed by atoms with Gasteiger partial charge in [0.1, 0.15) is 29.0 Å². The van der Waals surface area contributed by atoms with Crippen molar-refractivity contribution in [3.05, 3.63) is 47.5 Å². The summed E-state index contributed by atoms with van der Waals surface area (Å²) in [4.78, 5) is 16.9. The summed E-state index contributed by atoms with van der Waals surface area (Å²) >= 11 is 0. The van der Waals surface area contributed by atoms with Gasteiger partial charge in [0.15, 0.2) is 0 Å². The van der Waals surface area contributed by atoms with Crippen molar-refractivity contribution < 1.29 is 26.7 Å². The number of amides is 1. The van der Waals surface area contributed by atoms with E-state index < -0.39 is 26.9 Å². The molecule has 1 heterocycles. The molecule has 2 aromatic rings. The molecule has 1 aliphatic rings. The van der Waals surface area contributed by atoms with Crippen molar-refractivity contribution in [2.75, 3.05) is 43.4 Å². The van der Waals surface area contributed by atoms with Gasteiger partial charge >= 0.3 is 0 Å². The van der Waals surface area contributed by atoms with Gasteiger partial charge in [0.2, 0.25) is 10.0 Å². The Kier molecular flexibility index (Phi) is 11.1. The van der Waals surface area contributed by atoms with Crippen LogP contribution in [0.1, 0.15) is 44.0 Å². The summed E-state index contributed by atoms with van der Waals surface area (Å²) in [5, 5.41) is 5.45. The van der Waals surface area contributed by atoms with Gasteiger partial charge < -0.3 is 21.1 Å². The Bertz CT molecular complexity index is 1140. The second kappa shape index (κ2) is 13.5. The first-order valence-corrected chi connectivity index (χ1v) is 13.6. The van der Waals surface area contributed by atoms with E-state index in [9.17, 15) is 22.0 Å².